The summed E-state index contributed by atoms with van der Waals surface area (Å²) >= 11 is 11.8. The van der Waals surface area contributed by atoms with Crippen LogP contribution in [0.3, 0.4) is 0 Å². The standard InChI is InChI=1S/C21H16Cl2FN5O3/c22-14-3-6-17(16(23)11-14)32-12-19(30)25-9-10-31-20-8-7-18-26-27-21(29(18)28-20)13-1-4-15(24)5-2-13/h1-8,11H,9-10,12H2,(H,25,30). The Morgan fingerprint density at radius 1 is 1.03 bits per heavy atom. The number of hydrogen-bond donors (Lipinski definition) is 1. The van der Waals surface area contributed by atoms with E-state index in [2.05, 4.69) is 20.6 Å². The van der Waals surface area contributed by atoms with Crippen molar-refractivity contribution in [1.29, 1.82) is 0 Å². The summed E-state index contributed by atoms with van der Waals surface area (Å²) in [4.78, 5) is 11.9. The van der Waals surface area contributed by atoms with E-state index in [1.807, 2.05) is 0 Å². The Kier molecular flexibility index (Phi) is 6.67. The van der Waals surface area contributed by atoms with Crippen LogP contribution < -0.4 is 14.8 Å². The van der Waals surface area contributed by atoms with Gasteiger partial charge in [0.1, 0.15) is 18.2 Å². The number of benzene rings is 2. The van der Waals surface area contributed by atoms with Crippen LogP contribution in [0, 0.1) is 5.82 Å². The van der Waals surface area contributed by atoms with E-state index in [1.54, 1.807) is 36.4 Å². The molecule has 2 aromatic carbocycles. The minimum atomic E-state index is -0.344. The molecule has 32 heavy (non-hydrogen) atoms. The van der Waals surface area contributed by atoms with E-state index in [9.17, 15) is 9.18 Å². The Balaban J connectivity index is 1.29. The number of hydrogen-bond acceptors (Lipinski definition) is 6. The summed E-state index contributed by atoms with van der Waals surface area (Å²) in [5, 5.41) is 16.0. The number of nitrogens with one attached hydrogen (secondary N) is 1. The quantitative estimate of drug-likeness (QED) is 0.389. The van der Waals surface area contributed by atoms with Gasteiger partial charge in [-0.1, -0.05) is 23.2 Å². The van der Waals surface area contributed by atoms with Gasteiger partial charge in [-0.15, -0.1) is 15.3 Å². The Bertz CT molecular complexity index is 1250. The molecular formula is C21H16Cl2FN5O3. The number of ether oxygens (including phenoxy) is 2. The van der Waals surface area contributed by atoms with Gasteiger partial charge in [-0.05, 0) is 48.5 Å². The molecule has 0 unspecified atom stereocenters. The third kappa shape index (κ3) is 5.24. The average molecular weight is 476 g/mol. The molecule has 11 heteroatoms. The van der Waals surface area contributed by atoms with Gasteiger partial charge < -0.3 is 14.8 Å². The van der Waals surface area contributed by atoms with Crippen molar-refractivity contribution in [2.45, 2.75) is 0 Å². The van der Waals surface area contributed by atoms with Gasteiger partial charge in [0.2, 0.25) is 5.88 Å². The molecule has 2 aromatic heterocycles. The van der Waals surface area contributed by atoms with Crippen LogP contribution in [0.25, 0.3) is 17.0 Å². The molecule has 0 saturated carbocycles. The number of nitrogens with zero attached hydrogens (tertiary/aromatic N) is 4. The summed E-state index contributed by atoms with van der Waals surface area (Å²) in [6.07, 6.45) is 0. The van der Waals surface area contributed by atoms with Gasteiger partial charge in [0, 0.05) is 16.7 Å². The number of rotatable bonds is 8. The molecule has 0 radical (unpaired) electrons. The number of halogens is 3. The normalized spacial score (nSPS) is 10.8. The zero-order valence-corrected chi connectivity index (χ0v) is 18.0. The van der Waals surface area contributed by atoms with E-state index >= 15 is 0 Å². The van der Waals surface area contributed by atoms with Crippen molar-refractivity contribution in [2.24, 2.45) is 0 Å². The number of carbonyl (C=O) groups excluding carboxylic acids is 1. The molecular weight excluding hydrogens is 460 g/mol. The van der Waals surface area contributed by atoms with Crippen LogP contribution in [0.1, 0.15) is 0 Å². The topological polar surface area (TPSA) is 90.6 Å². The minimum absolute atomic E-state index is 0.181. The smallest absolute Gasteiger partial charge is 0.258 e. The maximum absolute atomic E-state index is 13.2. The van der Waals surface area contributed by atoms with Crippen LogP contribution >= 0.6 is 23.2 Å². The number of fused-ring (bicyclic) bond motifs is 1. The molecule has 0 aliphatic rings. The molecule has 0 bridgehead atoms. The van der Waals surface area contributed by atoms with Crippen LogP contribution in [0.2, 0.25) is 10.0 Å². The molecule has 164 valence electrons. The third-order valence-electron chi connectivity index (χ3n) is 4.27. The van der Waals surface area contributed by atoms with E-state index < -0.39 is 0 Å². The average Bonchev–Trinajstić information content (AvgIpc) is 3.20. The van der Waals surface area contributed by atoms with Crippen LogP contribution in [0.4, 0.5) is 4.39 Å². The van der Waals surface area contributed by atoms with Gasteiger partial charge in [-0.25, -0.2) is 4.39 Å². The summed E-state index contributed by atoms with van der Waals surface area (Å²) in [6.45, 7) is 0.219. The fourth-order valence-electron chi connectivity index (χ4n) is 2.76. The lowest BCUT2D eigenvalue weighted by atomic mass is 10.2. The first-order valence-electron chi connectivity index (χ1n) is 9.45. The Hall–Kier alpha value is -3.43. The van der Waals surface area contributed by atoms with Crippen LogP contribution in [0.5, 0.6) is 11.6 Å². The lowest BCUT2D eigenvalue weighted by molar-refractivity contribution is -0.123. The number of amides is 1. The monoisotopic (exact) mass is 475 g/mol. The number of aromatic nitrogens is 4. The summed E-state index contributed by atoms with van der Waals surface area (Å²) in [6, 6.07) is 13.9. The lowest BCUT2D eigenvalue weighted by Gasteiger charge is -2.10. The second-order valence-electron chi connectivity index (χ2n) is 6.53. The zero-order valence-electron chi connectivity index (χ0n) is 16.5. The van der Waals surface area contributed by atoms with Gasteiger partial charge in [0.25, 0.3) is 5.91 Å². The summed E-state index contributed by atoms with van der Waals surface area (Å²) in [7, 11) is 0. The van der Waals surface area contributed by atoms with Gasteiger partial charge in [-0.2, -0.15) is 4.52 Å². The molecule has 4 rings (SSSR count). The second-order valence-corrected chi connectivity index (χ2v) is 7.38. The van der Waals surface area contributed by atoms with E-state index in [0.29, 0.717) is 38.7 Å². The fraction of sp³-hybridized carbons (Fsp3) is 0.143. The first-order valence-corrected chi connectivity index (χ1v) is 10.2. The second kappa shape index (κ2) is 9.80. The summed E-state index contributed by atoms with van der Waals surface area (Å²) in [5.41, 5.74) is 1.18. The highest BCUT2D eigenvalue weighted by Crippen LogP contribution is 2.27. The Morgan fingerprint density at radius 2 is 1.84 bits per heavy atom. The molecule has 0 fully saturated rings. The minimum Gasteiger partial charge on any atom is -0.482 e. The molecule has 8 nitrogen and oxygen atoms in total. The molecule has 1 N–H and O–H groups in total. The van der Waals surface area contributed by atoms with Crippen LogP contribution in [-0.2, 0) is 4.79 Å². The molecule has 0 aliphatic carbocycles. The largest absolute Gasteiger partial charge is 0.482 e. The van der Waals surface area contributed by atoms with Crippen LogP contribution in [0.15, 0.2) is 54.6 Å². The third-order valence-corrected chi connectivity index (χ3v) is 4.80. The van der Waals surface area contributed by atoms with Gasteiger partial charge >= 0.3 is 0 Å². The van der Waals surface area contributed by atoms with E-state index in [0.717, 1.165) is 0 Å². The van der Waals surface area contributed by atoms with Crippen LogP contribution in [-0.4, -0.2) is 45.5 Å². The molecule has 2 heterocycles. The van der Waals surface area contributed by atoms with E-state index in [-0.39, 0.29) is 31.5 Å². The van der Waals surface area contributed by atoms with Crippen molar-refractivity contribution in [1.82, 2.24) is 25.1 Å². The maximum atomic E-state index is 13.2. The van der Waals surface area contributed by atoms with Crippen molar-refractivity contribution in [3.8, 4) is 23.0 Å². The summed E-state index contributed by atoms with van der Waals surface area (Å²) in [5.74, 6) is 0.463. The van der Waals surface area contributed by atoms with Crippen molar-refractivity contribution in [3.63, 3.8) is 0 Å². The first kappa shape index (κ1) is 21.8. The Morgan fingerprint density at radius 3 is 2.62 bits per heavy atom. The van der Waals surface area contributed by atoms with Gasteiger partial charge in [-0.3, -0.25) is 4.79 Å². The van der Waals surface area contributed by atoms with E-state index in [4.69, 9.17) is 32.7 Å². The lowest BCUT2D eigenvalue weighted by Crippen LogP contribution is -2.32. The van der Waals surface area contributed by atoms with Gasteiger partial charge in [0.15, 0.2) is 18.1 Å². The maximum Gasteiger partial charge on any atom is 0.258 e. The highest BCUT2D eigenvalue weighted by atomic mass is 35.5. The van der Waals surface area contributed by atoms with E-state index in [1.165, 1.54) is 22.7 Å². The van der Waals surface area contributed by atoms with Crippen molar-refractivity contribution in [2.75, 3.05) is 19.8 Å². The molecule has 0 atom stereocenters. The van der Waals surface area contributed by atoms with Crippen molar-refractivity contribution in [3.05, 3.63) is 70.5 Å². The highest BCUT2D eigenvalue weighted by molar-refractivity contribution is 6.35. The van der Waals surface area contributed by atoms with Gasteiger partial charge in [0.05, 0.1) is 11.6 Å². The molecule has 4 aromatic rings. The zero-order chi connectivity index (χ0) is 22.5. The molecule has 0 aliphatic heterocycles. The fourth-order valence-corrected chi connectivity index (χ4v) is 3.22. The summed E-state index contributed by atoms with van der Waals surface area (Å²) < 4.78 is 25.7. The first-order chi connectivity index (χ1) is 15.5. The van der Waals surface area contributed by atoms with Crippen molar-refractivity contribution < 1.29 is 18.7 Å². The van der Waals surface area contributed by atoms with Crippen molar-refractivity contribution >= 4 is 34.8 Å². The Labute approximate surface area is 191 Å². The highest BCUT2D eigenvalue weighted by Gasteiger charge is 2.11. The predicted molar refractivity (Wildman–Crippen MR) is 117 cm³/mol. The number of carbonyl (C=O) groups is 1. The predicted octanol–water partition coefficient (Wildman–Crippen LogP) is 3.81. The molecule has 0 spiro atoms. The molecule has 1 amide bonds. The SMILES string of the molecule is O=C(COc1ccc(Cl)cc1Cl)NCCOc1ccc2nnc(-c3ccc(F)cc3)n2n1. The molecule has 0 saturated heterocycles.